The van der Waals surface area contributed by atoms with Gasteiger partial charge < -0.3 is 14.8 Å². The van der Waals surface area contributed by atoms with Gasteiger partial charge in [-0.05, 0) is 82.5 Å². The number of amides is 1. The molecule has 1 unspecified atom stereocenters. The Balaban J connectivity index is 1.72. The molecule has 0 radical (unpaired) electrons. The number of rotatable bonds is 8. The lowest BCUT2D eigenvalue weighted by molar-refractivity contribution is -0.191. The Morgan fingerprint density at radius 1 is 1.09 bits per heavy atom. The fourth-order valence-corrected chi connectivity index (χ4v) is 4.85. The van der Waals surface area contributed by atoms with E-state index in [0.717, 1.165) is 10.6 Å². The van der Waals surface area contributed by atoms with E-state index in [-0.39, 0.29) is 51.6 Å². The molecule has 1 fully saturated rings. The van der Waals surface area contributed by atoms with Crippen LogP contribution in [0.15, 0.2) is 59.5 Å². The molecule has 1 aliphatic carbocycles. The minimum atomic E-state index is -4.59. The van der Waals surface area contributed by atoms with Crippen LogP contribution >= 0.6 is 11.6 Å². The molecule has 1 amide bonds. The second-order valence-corrected chi connectivity index (χ2v) is 11.8. The summed E-state index contributed by atoms with van der Waals surface area (Å²) in [7, 11) is 1.30. The third kappa shape index (κ3) is 7.03. The zero-order valence-corrected chi connectivity index (χ0v) is 24.6. The van der Waals surface area contributed by atoms with Crippen molar-refractivity contribution in [2.45, 2.75) is 57.9 Å². The molecule has 0 bridgehead atoms. The molecular formula is C31H29ClF3N3O5. The first-order chi connectivity index (χ1) is 20.1. The SMILES string of the molecule is COc1cn(C(CC2(C(F)(F)F)CC2)C(=O)Nc2ccc(C(=O)OC(C)(C)C)cc2)c(=O)cc1-c1cc(Cl)ccc1C#N. The molecule has 12 heteroatoms. The van der Waals surface area contributed by atoms with Crippen molar-refractivity contribution in [2.24, 2.45) is 5.41 Å². The summed E-state index contributed by atoms with van der Waals surface area (Å²) in [4.78, 5) is 39.3. The highest BCUT2D eigenvalue weighted by Crippen LogP contribution is 2.61. The quantitative estimate of drug-likeness (QED) is 0.276. The molecule has 4 rings (SSSR count). The maximum atomic E-state index is 14.0. The molecule has 2 aromatic carbocycles. The van der Waals surface area contributed by atoms with Crippen molar-refractivity contribution in [3.63, 3.8) is 0 Å². The molecule has 1 aromatic heterocycles. The van der Waals surface area contributed by atoms with Gasteiger partial charge in [-0.25, -0.2) is 4.79 Å². The number of esters is 1. The Hall–Kier alpha value is -4.30. The van der Waals surface area contributed by atoms with Crippen LogP contribution in [0.3, 0.4) is 0 Å². The molecule has 0 aliphatic heterocycles. The van der Waals surface area contributed by atoms with Gasteiger partial charge in [0.05, 0.1) is 35.9 Å². The van der Waals surface area contributed by atoms with E-state index in [2.05, 4.69) is 5.32 Å². The number of benzene rings is 2. The van der Waals surface area contributed by atoms with Gasteiger partial charge in [0.25, 0.3) is 5.56 Å². The van der Waals surface area contributed by atoms with Crippen LogP contribution in [0, 0.1) is 16.7 Å². The summed E-state index contributed by atoms with van der Waals surface area (Å²) >= 11 is 6.12. The molecule has 1 aliphatic rings. The summed E-state index contributed by atoms with van der Waals surface area (Å²) in [6.07, 6.45) is -4.45. The Kier molecular flexibility index (Phi) is 8.65. The molecule has 1 saturated carbocycles. The van der Waals surface area contributed by atoms with Crippen LogP contribution in [0.1, 0.15) is 62.0 Å². The summed E-state index contributed by atoms with van der Waals surface area (Å²) in [5.41, 5.74) is -2.53. The number of nitrogens with zero attached hydrogens (tertiary/aromatic N) is 2. The predicted molar refractivity (Wildman–Crippen MR) is 154 cm³/mol. The normalized spacial score (nSPS) is 14.8. The van der Waals surface area contributed by atoms with Gasteiger partial charge in [-0.2, -0.15) is 18.4 Å². The van der Waals surface area contributed by atoms with E-state index in [1.165, 1.54) is 55.8 Å². The Morgan fingerprint density at radius 2 is 1.74 bits per heavy atom. The van der Waals surface area contributed by atoms with Crippen LogP contribution in [0.4, 0.5) is 18.9 Å². The number of anilines is 1. The number of ether oxygens (including phenoxy) is 2. The van der Waals surface area contributed by atoms with Crippen molar-refractivity contribution in [3.05, 3.63) is 81.2 Å². The predicted octanol–water partition coefficient (Wildman–Crippen LogP) is 6.92. The van der Waals surface area contributed by atoms with Crippen LogP contribution in [-0.2, 0) is 9.53 Å². The highest BCUT2D eigenvalue weighted by Gasteiger charge is 2.64. The van der Waals surface area contributed by atoms with E-state index in [0.29, 0.717) is 0 Å². The van der Waals surface area contributed by atoms with E-state index >= 15 is 0 Å². The van der Waals surface area contributed by atoms with Gasteiger partial charge in [-0.15, -0.1) is 0 Å². The Morgan fingerprint density at radius 3 is 2.28 bits per heavy atom. The zero-order chi connectivity index (χ0) is 31.7. The number of alkyl halides is 3. The average Bonchev–Trinajstić information content (AvgIpc) is 3.72. The van der Waals surface area contributed by atoms with Crippen LogP contribution in [0.5, 0.6) is 5.75 Å². The number of methoxy groups -OCH3 is 1. The van der Waals surface area contributed by atoms with Crippen LogP contribution in [0.25, 0.3) is 11.1 Å². The van der Waals surface area contributed by atoms with Gasteiger partial charge in [-0.3, -0.25) is 14.2 Å². The van der Waals surface area contributed by atoms with E-state index in [1.807, 2.05) is 6.07 Å². The largest absolute Gasteiger partial charge is 0.495 e. The van der Waals surface area contributed by atoms with E-state index in [9.17, 15) is 32.8 Å². The molecular weight excluding hydrogens is 587 g/mol. The maximum absolute atomic E-state index is 14.0. The van der Waals surface area contributed by atoms with E-state index in [1.54, 1.807) is 20.8 Å². The third-order valence-electron chi connectivity index (χ3n) is 7.12. The molecule has 1 heterocycles. The fourth-order valence-electron chi connectivity index (χ4n) is 4.68. The number of aromatic nitrogens is 1. The minimum Gasteiger partial charge on any atom is -0.495 e. The number of nitriles is 1. The van der Waals surface area contributed by atoms with Gasteiger partial charge >= 0.3 is 12.1 Å². The third-order valence-corrected chi connectivity index (χ3v) is 7.36. The average molecular weight is 616 g/mol. The molecule has 0 spiro atoms. The standard InChI is InChI=1S/C31H29ClF3N3O5/c1-29(2,3)43-28(41)18-6-9-21(10-7-18)37-27(40)24(15-30(11-12-30)31(33,34)35)38-17-25(42-4)23(14-26(38)39)22-13-20(32)8-5-19(22)16-36/h5-10,13-14,17,24H,11-12,15H2,1-4H3,(H,37,40). The van der Waals surface area contributed by atoms with Crippen molar-refractivity contribution < 1.29 is 32.2 Å². The lowest BCUT2D eigenvalue weighted by Gasteiger charge is -2.27. The Labute approximate surface area is 251 Å². The number of pyridine rings is 1. The minimum absolute atomic E-state index is 0.0507. The van der Waals surface area contributed by atoms with Gasteiger partial charge in [-0.1, -0.05) is 11.6 Å². The molecule has 226 valence electrons. The second kappa shape index (κ2) is 11.8. The Bertz CT molecular complexity index is 1650. The second-order valence-electron chi connectivity index (χ2n) is 11.4. The number of hydrogen-bond donors (Lipinski definition) is 1. The van der Waals surface area contributed by atoms with Crippen LogP contribution in [-0.4, -0.2) is 35.3 Å². The number of nitrogens with one attached hydrogen (secondary N) is 1. The summed E-state index contributed by atoms with van der Waals surface area (Å²) in [6, 6.07) is 11.6. The summed E-state index contributed by atoms with van der Waals surface area (Å²) in [6.45, 7) is 5.15. The van der Waals surface area contributed by atoms with Gasteiger partial charge in [0, 0.05) is 27.9 Å². The zero-order valence-electron chi connectivity index (χ0n) is 23.8. The topological polar surface area (TPSA) is 110 Å². The molecule has 1 N–H and O–H groups in total. The van der Waals surface area contributed by atoms with Crippen LogP contribution < -0.4 is 15.6 Å². The first-order valence-corrected chi connectivity index (χ1v) is 13.7. The van der Waals surface area contributed by atoms with Crippen molar-refractivity contribution in [2.75, 3.05) is 12.4 Å². The molecule has 8 nitrogen and oxygen atoms in total. The first kappa shape index (κ1) is 31.6. The van der Waals surface area contributed by atoms with Gasteiger partial charge in [0.1, 0.15) is 17.4 Å². The van der Waals surface area contributed by atoms with Crippen molar-refractivity contribution in [1.82, 2.24) is 4.57 Å². The maximum Gasteiger partial charge on any atom is 0.394 e. The first-order valence-electron chi connectivity index (χ1n) is 13.3. The summed E-state index contributed by atoms with van der Waals surface area (Å²) < 4.78 is 53.8. The molecule has 43 heavy (non-hydrogen) atoms. The monoisotopic (exact) mass is 615 g/mol. The highest BCUT2D eigenvalue weighted by molar-refractivity contribution is 6.31. The lowest BCUT2D eigenvalue weighted by Crippen LogP contribution is -2.37. The number of hydrogen-bond acceptors (Lipinski definition) is 6. The van der Waals surface area contributed by atoms with E-state index in [4.69, 9.17) is 21.1 Å². The van der Waals surface area contributed by atoms with Gasteiger partial charge in [0.15, 0.2) is 0 Å². The van der Waals surface area contributed by atoms with Crippen LogP contribution in [0.2, 0.25) is 5.02 Å². The molecule has 3 aromatic rings. The molecule has 0 saturated heterocycles. The van der Waals surface area contributed by atoms with Crippen molar-refractivity contribution >= 4 is 29.2 Å². The fraction of sp³-hybridized carbons (Fsp3) is 0.355. The summed E-state index contributed by atoms with van der Waals surface area (Å²) in [5, 5.41) is 12.4. The highest BCUT2D eigenvalue weighted by atomic mass is 35.5. The summed E-state index contributed by atoms with van der Waals surface area (Å²) in [5.74, 6) is -1.39. The number of carbonyl (C=O) groups excluding carboxylic acids is 2. The van der Waals surface area contributed by atoms with E-state index < -0.39 is 47.1 Å². The number of halogens is 4. The lowest BCUT2D eigenvalue weighted by atomic mass is 9.94. The van der Waals surface area contributed by atoms with Crippen molar-refractivity contribution in [3.8, 4) is 22.9 Å². The number of carbonyl (C=O) groups is 2. The smallest absolute Gasteiger partial charge is 0.394 e. The van der Waals surface area contributed by atoms with Gasteiger partial charge in [0.2, 0.25) is 5.91 Å². The molecule has 1 atom stereocenters. The van der Waals surface area contributed by atoms with Crippen molar-refractivity contribution in [1.29, 1.82) is 5.26 Å².